The van der Waals surface area contributed by atoms with Crippen LogP contribution in [0.5, 0.6) is 11.5 Å². The van der Waals surface area contributed by atoms with E-state index in [1.807, 2.05) is 0 Å². The van der Waals surface area contributed by atoms with Gasteiger partial charge in [0.2, 0.25) is 10.0 Å². The van der Waals surface area contributed by atoms with Crippen molar-refractivity contribution in [1.82, 2.24) is 9.62 Å². The molecule has 0 aromatic heterocycles. The molecule has 0 radical (unpaired) electrons. The van der Waals surface area contributed by atoms with Gasteiger partial charge >= 0.3 is 0 Å². The SMILES string of the molecule is COc1ccc(CNS(=O)(=O)c2ccc(O[C@H](C)C(=O)N3CCOCC3)cc2)cc1. The van der Waals surface area contributed by atoms with Crippen molar-refractivity contribution in [2.45, 2.75) is 24.5 Å². The number of nitrogens with zero attached hydrogens (tertiary/aromatic N) is 1. The molecular weight excluding hydrogens is 408 g/mol. The van der Waals surface area contributed by atoms with E-state index in [2.05, 4.69) is 4.72 Å². The van der Waals surface area contributed by atoms with E-state index in [0.29, 0.717) is 37.8 Å². The highest BCUT2D eigenvalue weighted by Crippen LogP contribution is 2.19. The number of nitrogens with one attached hydrogen (secondary N) is 1. The number of carbonyl (C=O) groups is 1. The number of morpholine rings is 1. The first-order valence-corrected chi connectivity index (χ1v) is 11.1. The molecule has 1 aliphatic heterocycles. The predicted octanol–water partition coefficient (Wildman–Crippen LogP) is 1.80. The summed E-state index contributed by atoms with van der Waals surface area (Å²) in [7, 11) is -2.10. The molecule has 2 aromatic carbocycles. The third-order valence-electron chi connectivity index (χ3n) is 4.74. The first kappa shape index (κ1) is 22.1. The van der Waals surface area contributed by atoms with E-state index >= 15 is 0 Å². The average Bonchev–Trinajstić information content (AvgIpc) is 2.78. The highest BCUT2D eigenvalue weighted by atomic mass is 32.2. The second-order valence-electron chi connectivity index (χ2n) is 6.84. The summed E-state index contributed by atoms with van der Waals surface area (Å²) in [5.74, 6) is 1.02. The van der Waals surface area contributed by atoms with Gasteiger partial charge in [0.1, 0.15) is 11.5 Å². The van der Waals surface area contributed by atoms with Crippen LogP contribution in [0.3, 0.4) is 0 Å². The maximum Gasteiger partial charge on any atom is 0.263 e. The van der Waals surface area contributed by atoms with E-state index in [1.54, 1.807) is 55.3 Å². The highest BCUT2D eigenvalue weighted by molar-refractivity contribution is 7.89. The number of carbonyl (C=O) groups excluding carboxylic acids is 1. The molecule has 162 valence electrons. The fraction of sp³-hybridized carbons (Fsp3) is 0.381. The number of methoxy groups -OCH3 is 1. The van der Waals surface area contributed by atoms with Crippen LogP contribution in [0.15, 0.2) is 53.4 Å². The number of hydrogen-bond donors (Lipinski definition) is 1. The van der Waals surface area contributed by atoms with Crippen LogP contribution in [0, 0.1) is 0 Å². The van der Waals surface area contributed by atoms with Crippen LogP contribution in [0.2, 0.25) is 0 Å². The Bertz CT molecular complexity index is 938. The standard InChI is InChI=1S/C21H26N2O6S/c1-16(21(24)23-11-13-28-14-12-23)29-19-7-9-20(10-8-19)30(25,26)22-15-17-3-5-18(27-2)6-4-17/h3-10,16,22H,11-15H2,1-2H3/t16-/m1/s1. The molecule has 1 aliphatic rings. The Kier molecular flexibility index (Phi) is 7.30. The molecule has 1 atom stereocenters. The first-order valence-electron chi connectivity index (χ1n) is 9.65. The Morgan fingerprint density at radius 2 is 1.67 bits per heavy atom. The van der Waals surface area contributed by atoms with Crippen molar-refractivity contribution < 1.29 is 27.4 Å². The summed E-state index contributed by atoms with van der Waals surface area (Å²) in [4.78, 5) is 14.2. The summed E-state index contributed by atoms with van der Waals surface area (Å²) in [6.07, 6.45) is -0.668. The Morgan fingerprint density at radius 3 is 2.27 bits per heavy atom. The summed E-state index contributed by atoms with van der Waals surface area (Å²) in [5, 5.41) is 0. The zero-order valence-electron chi connectivity index (χ0n) is 17.0. The second kappa shape index (κ2) is 9.92. The quantitative estimate of drug-likeness (QED) is 0.681. The van der Waals surface area contributed by atoms with Crippen LogP contribution >= 0.6 is 0 Å². The maximum atomic E-state index is 12.5. The number of hydrogen-bond acceptors (Lipinski definition) is 6. The van der Waals surface area contributed by atoms with Crippen molar-refractivity contribution in [2.75, 3.05) is 33.4 Å². The zero-order valence-corrected chi connectivity index (χ0v) is 17.9. The summed E-state index contributed by atoms with van der Waals surface area (Å²) < 4.78 is 43.7. The Labute approximate surface area is 176 Å². The van der Waals surface area contributed by atoms with Crippen LogP contribution in [-0.2, 0) is 26.1 Å². The molecule has 3 rings (SSSR count). The fourth-order valence-corrected chi connectivity index (χ4v) is 4.02. The molecule has 0 saturated carbocycles. The summed E-state index contributed by atoms with van der Waals surface area (Å²) >= 11 is 0. The van der Waals surface area contributed by atoms with Gasteiger partial charge in [0.25, 0.3) is 5.91 Å². The van der Waals surface area contributed by atoms with Crippen LogP contribution in [-0.4, -0.2) is 58.7 Å². The summed E-state index contributed by atoms with van der Waals surface area (Å²) in [6, 6.07) is 13.1. The molecule has 0 aliphatic carbocycles. The molecule has 1 heterocycles. The normalized spacial score (nSPS) is 15.5. The first-order chi connectivity index (χ1) is 14.4. The van der Waals surface area contributed by atoms with E-state index < -0.39 is 16.1 Å². The Morgan fingerprint density at radius 1 is 1.07 bits per heavy atom. The number of ether oxygens (including phenoxy) is 3. The summed E-state index contributed by atoms with van der Waals surface area (Å²) in [6.45, 7) is 3.98. The van der Waals surface area contributed by atoms with Gasteiger partial charge in [0.05, 0.1) is 25.2 Å². The number of sulfonamides is 1. The lowest BCUT2D eigenvalue weighted by Crippen LogP contribution is -2.46. The predicted molar refractivity (Wildman–Crippen MR) is 111 cm³/mol. The smallest absolute Gasteiger partial charge is 0.263 e. The Hall–Kier alpha value is -2.62. The van der Waals surface area contributed by atoms with Gasteiger partial charge in [-0.2, -0.15) is 0 Å². The van der Waals surface area contributed by atoms with Crippen molar-refractivity contribution in [3.8, 4) is 11.5 Å². The van der Waals surface area contributed by atoms with E-state index in [9.17, 15) is 13.2 Å². The topological polar surface area (TPSA) is 94.2 Å². The van der Waals surface area contributed by atoms with Gasteiger partial charge in [0, 0.05) is 19.6 Å². The van der Waals surface area contributed by atoms with Crippen LogP contribution in [0.25, 0.3) is 0 Å². The third kappa shape index (κ3) is 5.71. The van der Waals surface area contributed by atoms with Gasteiger partial charge in [-0.3, -0.25) is 4.79 Å². The third-order valence-corrected chi connectivity index (χ3v) is 6.16. The molecule has 1 saturated heterocycles. The number of benzene rings is 2. The molecule has 2 aromatic rings. The van der Waals surface area contributed by atoms with Gasteiger partial charge in [-0.1, -0.05) is 12.1 Å². The number of rotatable bonds is 8. The zero-order chi connectivity index (χ0) is 21.6. The number of amides is 1. The minimum Gasteiger partial charge on any atom is -0.497 e. The van der Waals surface area contributed by atoms with Crippen molar-refractivity contribution in [3.63, 3.8) is 0 Å². The molecule has 0 unspecified atom stereocenters. The van der Waals surface area contributed by atoms with Gasteiger partial charge in [-0.25, -0.2) is 13.1 Å². The maximum absolute atomic E-state index is 12.5. The summed E-state index contributed by atoms with van der Waals surface area (Å²) in [5.41, 5.74) is 0.815. The van der Waals surface area contributed by atoms with Crippen molar-refractivity contribution in [1.29, 1.82) is 0 Å². The van der Waals surface area contributed by atoms with Crippen molar-refractivity contribution in [3.05, 3.63) is 54.1 Å². The van der Waals surface area contributed by atoms with E-state index in [0.717, 1.165) is 5.56 Å². The minimum absolute atomic E-state index is 0.115. The molecule has 1 amide bonds. The van der Waals surface area contributed by atoms with Crippen LogP contribution in [0.4, 0.5) is 0 Å². The van der Waals surface area contributed by atoms with Gasteiger partial charge in [-0.05, 0) is 48.9 Å². The second-order valence-corrected chi connectivity index (χ2v) is 8.61. The lowest BCUT2D eigenvalue weighted by atomic mass is 10.2. The van der Waals surface area contributed by atoms with Gasteiger partial charge in [-0.15, -0.1) is 0 Å². The molecule has 1 N–H and O–H groups in total. The highest BCUT2D eigenvalue weighted by Gasteiger charge is 2.24. The molecule has 0 bridgehead atoms. The monoisotopic (exact) mass is 434 g/mol. The lowest BCUT2D eigenvalue weighted by molar-refractivity contribution is -0.142. The Balaban J connectivity index is 1.57. The molecule has 9 heteroatoms. The van der Waals surface area contributed by atoms with Crippen LogP contribution < -0.4 is 14.2 Å². The van der Waals surface area contributed by atoms with Crippen molar-refractivity contribution >= 4 is 15.9 Å². The lowest BCUT2D eigenvalue weighted by Gasteiger charge is -2.29. The van der Waals surface area contributed by atoms with E-state index in [4.69, 9.17) is 14.2 Å². The fourth-order valence-electron chi connectivity index (χ4n) is 3.00. The molecule has 1 fully saturated rings. The average molecular weight is 435 g/mol. The van der Waals surface area contributed by atoms with E-state index in [-0.39, 0.29) is 17.3 Å². The van der Waals surface area contributed by atoms with Crippen LogP contribution in [0.1, 0.15) is 12.5 Å². The van der Waals surface area contributed by atoms with Gasteiger partial charge < -0.3 is 19.1 Å². The van der Waals surface area contributed by atoms with E-state index in [1.165, 1.54) is 12.1 Å². The molecule has 30 heavy (non-hydrogen) atoms. The largest absolute Gasteiger partial charge is 0.497 e. The van der Waals surface area contributed by atoms with Crippen molar-refractivity contribution in [2.24, 2.45) is 0 Å². The molecule has 0 spiro atoms. The van der Waals surface area contributed by atoms with Gasteiger partial charge in [0.15, 0.2) is 6.10 Å². The molecule has 8 nitrogen and oxygen atoms in total. The minimum atomic E-state index is -3.68. The molecular formula is C21H26N2O6S.